The maximum atomic E-state index is 12.5. The summed E-state index contributed by atoms with van der Waals surface area (Å²) in [4.78, 5) is 15.0. The van der Waals surface area contributed by atoms with Gasteiger partial charge in [0.05, 0.1) is 5.02 Å². The van der Waals surface area contributed by atoms with Gasteiger partial charge in [0, 0.05) is 13.1 Å². The first-order valence-corrected chi connectivity index (χ1v) is 10.0. The molecule has 1 aliphatic rings. The second-order valence-electron chi connectivity index (χ2n) is 6.96. The SMILES string of the molecule is CC[C@@H](Oc1ccccc1Cl)C(=O)NCc1ccc(CN2CCCC2)cc1. The van der Waals surface area contributed by atoms with Gasteiger partial charge in [-0.3, -0.25) is 9.69 Å². The van der Waals surface area contributed by atoms with E-state index in [1.807, 2.05) is 19.1 Å². The van der Waals surface area contributed by atoms with Gasteiger partial charge in [-0.1, -0.05) is 54.9 Å². The van der Waals surface area contributed by atoms with E-state index < -0.39 is 6.10 Å². The van der Waals surface area contributed by atoms with Crippen molar-refractivity contribution in [3.05, 3.63) is 64.7 Å². The highest BCUT2D eigenvalue weighted by Crippen LogP contribution is 2.24. The first-order chi connectivity index (χ1) is 13.2. The molecule has 1 saturated heterocycles. The first kappa shape index (κ1) is 19.7. The summed E-state index contributed by atoms with van der Waals surface area (Å²) >= 11 is 6.12. The molecular weight excluding hydrogens is 360 g/mol. The van der Waals surface area contributed by atoms with Crippen LogP contribution in [0, 0.1) is 0 Å². The topological polar surface area (TPSA) is 41.6 Å². The molecule has 5 heteroatoms. The third kappa shape index (κ3) is 5.72. The number of amides is 1. The van der Waals surface area contributed by atoms with E-state index in [1.165, 1.54) is 31.5 Å². The van der Waals surface area contributed by atoms with Gasteiger partial charge in [-0.25, -0.2) is 0 Å². The minimum Gasteiger partial charge on any atom is -0.479 e. The quantitative estimate of drug-likeness (QED) is 0.730. The van der Waals surface area contributed by atoms with E-state index in [2.05, 4.69) is 34.5 Å². The van der Waals surface area contributed by atoms with Gasteiger partial charge in [0.25, 0.3) is 5.91 Å². The zero-order valence-corrected chi connectivity index (χ0v) is 16.5. The molecule has 2 aromatic carbocycles. The summed E-state index contributed by atoms with van der Waals surface area (Å²) in [5, 5.41) is 3.48. The molecule has 3 rings (SSSR count). The zero-order chi connectivity index (χ0) is 19.1. The fraction of sp³-hybridized carbons (Fsp3) is 0.409. The number of nitrogens with zero attached hydrogens (tertiary/aromatic N) is 1. The number of hydrogen-bond donors (Lipinski definition) is 1. The molecule has 0 aliphatic carbocycles. The lowest BCUT2D eigenvalue weighted by atomic mass is 10.1. The normalized spacial score (nSPS) is 15.5. The van der Waals surface area contributed by atoms with E-state index in [-0.39, 0.29) is 5.91 Å². The Labute approximate surface area is 166 Å². The lowest BCUT2D eigenvalue weighted by Gasteiger charge is -2.18. The van der Waals surface area contributed by atoms with Crippen LogP contribution < -0.4 is 10.1 Å². The second-order valence-corrected chi connectivity index (χ2v) is 7.37. The number of halogens is 1. The highest BCUT2D eigenvalue weighted by molar-refractivity contribution is 6.32. The molecule has 4 nitrogen and oxygen atoms in total. The highest BCUT2D eigenvalue weighted by Gasteiger charge is 2.19. The summed E-state index contributed by atoms with van der Waals surface area (Å²) in [5.74, 6) is 0.408. The van der Waals surface area contributed by atoms with Crippen molar-refractivity contribution in [2.24, 2.45) is 0 Å². The lowest BCUT2D eigenvalue weighted by Crippen LogP contribution is -2.37. The molecule has 144 valence electrons. The molecule has 1 atom stereocenters. The van der Waals surface area contributed by atoms with Gasteiger partial charge in [0.1, 0.15) is 5.75 Å². The molecular formula is C22H27ClN2O2. The number of benzene rings is 2. The molecule has 1 heterocycles. The summed E-state index contributed by atoms with van der Waals surface area (Å²) in [7, 11) is 0. The Bertz CT molecular complexity index is 742. The molecule has 0 unspecified atom stereocenters. The second kappa shape index (κ2) is 9.77. The van der Waals surface area contributed by atoms with Gasteiger partial charge < -0.3 is 10.1 Å². The molecule has 2 aromatic rings. The zero-order valence-electron chi connectivity index (χ0n) is 15.8. The van der Waals surface area contributed by atoms with Crippen LogP contribution in [0.4, 0.5) is 0 Å². The number of para-hydroxylation sites is 1. The summed E-state index contributed by atoms with van der Waals surface area (Å²) in [6, 6.07) is 15.7. The number of carbonyl (C=O) groups is 1. The van der Waals surface area contributed by atoms with Crippen molar-refractivity contribution in [3.8, 4) is 5.75 Å². The number of rotatable bonds is 8. The van der Waals surface area contributed by atoms with Crippen LogP contribution in [0.1, 0.15) is 37.3 Å². The van der Waals surface area contributed by atoms with E-state index in [9.17, 15) is 4.79 Å². The maximum absolute atomic E-state index is 12.5. The summed E-state index contributed by atoms with van der Waals surface area (Å²) in [5.41, 5.74) is 2.40. The molecule has 0 aromatic heterocycles. The predicted molar refractivity (Wildman–Crippen MR) is 109 cm³/mol. The number of likely N-dealkylation sites (tertiary alicyclic amines) is 1. The van der Waals surface area contributed by atoms with Crippen LogP contribution in [0.3, 0.4) is 0 Å². The van der Waals surface area contributed by atoms with Crippen molar-refractivity contribution in [1.29, 1.82) is 0 Å². The van der Waals surface area contributed by atoms with Crippen LogP contribution in [-0.4, -0.2) is 30.0 Å². The van der Waals surface area contributed by atoms with Crippen LogP contribution >= 0.6 is 11.6 Å². The van der Waals surface area contributed by atoms with Crippen molar-refractivity contribution >= 4 is 17.5 Å². The van der Waals surface area contributed by atoms with Gasteiger partial charge in [0.15, 0.2) is 6.10 Å². The Morgan fingerprint density at radius 2 is 1.78 bits per heavy atom. The van der Waals surface area contributed by atoms with E-state index in [0.29, 0.717) is 23.7 Å². The standard InChI is InChI=1S/C22H27ClN2O2/c1-2-20(27-21-8-4-3-7-19(21)23)22(26)24-15-17-9-11-18(12-10-17)16-25-13-5-6-14-25/h3-4,7-12,20H,2,5-6,13-16H2,1H3,(H,24,26)/t20-/m1/s1. The van der Waals surface area contributed by atoms with Gasteiger partial charge in [-0.05, 0) is 55.6 Å². The number of ether oxygens (including phenoxy) is 1. The third-order valence-electron chi connectivity index (χ3n) is 4.86. The number of carbonyl (C=O) groups excluding carboxylic acids is 1. The number of nitrogens with one attached hydrogen (secondary N) is 1. The Balaban J connectivity index is 1.50. The van der Waals surface area contributed by atoms with Crippen molar-refractivity contribution in [1.82, 2.24) is 10.2 Å². The minimum atomic E-state index is -0.556. The molecule has 0 saturated carbocycles. The molecule has 0 bridgehead atoms. The van der Waals surface area contributed by atoms with Crippen molar-refractivity contribution < 1.29 is 9.53 Å². The van der Waals surface area contributed by atoms with E-state index >= 15 is 0 Å². The van der Waals surface area contributed by atoms with Crippen LogP contribution in [0.5, 0.6) is 5.75 Å². The van der Waals surface area contributed by atoms with Gasteiger partial charge >= 0.3 is 0 Å². The van der Waals surface area contributed by atoms with Crippen LogP contribution in [0.2, 0.25) is 5.02 Å². The van der Waals surface area contributed by atoms with E-state index in [4.69, 9.17) is 16.3 Å². The molecule has 1 N–H and O–H groups in total. The summed E-state index contributed by atoms with van der Waals surface area (Å²) in [6.45, 7) is 5.82. The average Bonchev–Trinajstić information content (AvgIpc) is 3.19. The molecule has 27 heavy (non-hydrogen) atoms. The molecule has 0 spiro atoms. The van der Waals surface area contributed by atoms with E-state index in [1.54, 1.807) is 12.1 Å². The summed E-state index contributed by atoms with van der Waals surface area (Å²) < 4.78 is 5.79. The average molecular weight is 387 g/mol. The highest BCUT2D eigenvalue weighted by atomic mass is 35.5. The van der Waals surface area contributed by atoms with Crippen molar-refractivity contribution in [2.45, 2.75) is 45.4 Å². The monoisotopic (exact) mass is 386 g/mol. The van der Waals surface area contributed by atoms with Gasteiger partial charge in [0.2, 0.25) is 0 Å². The van der Waals surface area contributed by atoms with Crippen molar-refractivity contribution in [3.63, 3.8) is 0 Å². The Hall–Kier alpha value is -2.04. The maximum Gasteiger partial charge on any atom is 0.261 e. The minimum absolute atomic E-state index is 0.126. The van der Waals surface area contributed by atoms with E-state index in [0.717, 1.165) is 12.1 Å². The fourth-order valence-corrected chi connectivity index (χ4v) is 3.46. The largest absolute Gasteiger partial charge is 0.479 e. The van der Waals surface area contributed by atoms with Gasteiger partial charge in [-0.2, -0.15) is 0 Å². The Morgan fingerprint density at radius 1 is 1.11 bits per heavy atom. The van der Waals surface area contributed by atoms with Crippen LogP contribution in [0.15, 0.2) is 48.5 Å². The summed E-state index contributed by atoms with van der Waals surface area (Å²) in [6.07, 6.45) is 2.63. The lowest BCUT2D eigenvalue weighted by molar-refractivity contribution is -0.128. The third-order valence-corrected chi connectivity index (χ3v) is 5.18. The Morgan fingerprint density at radius 3 is 2.44 bits per heavy atom. The molecule has 1 aliphatic heterocycles. The molecule has 1 fully saturated rings. The van der Waals surface area contributed by atoms with Crippen molar-refractivity contribution in [2.75, 3.05) is 13.1 Å². The Kier molecular flexibility index (Phi) is 7.13. The predicted octanol–water partition coefficient (Wildman–Crippen LogP) is 4.41. The smallest absolute Gasteiger partial charge is 0.261 e. The molecule has 1 amide bonds. The van der Waals surface area contributed by atoms with Gasteiger partial charge in [-0.15, -0.1) is 0 Å². The van der Waals surface area contributed by atoms with Crippen LogP contribution in [-0.2, 0) is 17.9 Å². The number of hydrogen-bond acceptors (Lipinski definition) is 3. The molecule has 0 radical (unpaired) electrons. The first-order valence-electron chi connectivity index (χ1n) is 9.65. The van der Waals surface area contributed by atoms with Crippen LogP contribution in [0.25, 0.3) is 0 Å². The fourth-order valence-electron chi connectivity index (χ4n) is 3.28.